The Bertz CT molecular complexity index is 1370. The highest BCUT2D eigenvalue weighted by molar-refractivity contribution is 6.29. The Morgan fingerprint density at radius 3 is 2.50 bits per heavy atom. The highest BCUT2D eigenvalue weighted by Gasteiger charge is 2.28. The standard InChI is InChI=1S/C25H32ClN9O3.CH3Cl/c1-3-34-17-6-5-15(25(38)33-9-7-16(8-10-33)31-20(36)12-27)11-18(17)35(4-2)21(34)14-30-24(37)22-23(28)29-13-19(26)32-22;1-2/h5-6,11,13,16H,3-4,7-10,12,14,27H2,1-2H3,(H3-,28,29,30,31,36,37);1H3/p+1. The predicted molar refractivity (Wildman–Crippen MR) is 154 cm³/mol. The van der Waals surface area contributed by atoms with Gasteiger partial charge in [0.1, 0.15) is 11.7 Å². The number of carbonyl (C=O) groups is 3. The van der Waals surface area contributed by atoms with Gasteiger partial charge in [-0.1, -0.05) is 11.6 Å². The van der Waals surface area contributed by atoms with Crippen LogP contribution in [0.2, 0.25) is 5.15 Å². The summed E-state index contributed by atoms with van der Waals surface area (Å²) in [5, 5.41) is 5.85. The molecule has 0 spiro atoms. The lowest BCUT2D eigenvalue weighted by Gasteiger charge is -2.32. The second-order valence-electron chi connectivity index (χ2n) is 9.06. The average Bonchev–Trinajstić information content (AvgIpc) is 3.29. The first-order chi connectivity index (χ1) is 19.3. The maximum absolute atomic E-state index is 13.3. The molecular weight excluding hydrogens is 557 g/mol. The number of amides is 3. The summed E-state index contributed by atoms with van der Waals surface area (Å²) in [6.45, 7) is 6.64. The number of fused-ring (bicyclic) bond motifs is 1. The first kappa shape index (κ1) is 31.1. The van der Waals surface area contributed by atoms with Crippen molar-refractivity contribution in [3.05, 3.63) is 46.6 Å². The van der Waals surface area contributed by atoms with Crippen molar-refractivity contribution in [3.8, 4) is 0 Å². The molecule has 6 N–H and O–H groups in total. The number of aromatic nitrogens is 4. The first-order valence-electron chi connectivity index (χ1n) is 13.0. The van der Waals surface area contributed by atoms with E-state index in [2.05, 4.69) is 41.3 Å². The Balaban J connectivity index is 0.00000216. The van der Waals surface area contributed by atoms with Crippen LogP contribution in [-0.2, 0) is 24.4 Å². The number of nitrogen functional groups attached to an aromatic ring is 1. The van der Waals surface area contributed by atoms with Gasteiger partial charge in [-0.3, -0.25) is 14.4 Å². The number of nitrogens with one attached hydrogen (secondary N) is 2. The van der Waals surface area contributed by atoms with E-state index in [0.29, 0.717) is 44.6 Å². The number of halogens is 2. The maximum atomic E-state index is 13.3. The number of likely N-dealkylation sites (tertiary alicyclic amines) is 1. The van der Waals surface area contributed by atoms with Crippen molar-refractivity contribution in [2.24, 2.45) is 5.73 Å². The van der Waals surface area contributed by atoms with Gasteiger partial charge >= 0.3 is 0 Å². The Morgan fingerprint density at radius 2 is 1.88 bits per heavy atom. The van der Waals surface area contributed by atoms with Gasteiger partial charge < -0.3 is 27.0 Å². The number of aryl methyl sites for hydroxylation is 2. The number of carbonyl (C=O) groups excluding carboxylic acids is 3. The Hall–Kier alpha value is -3.48. The van der Waals surface area contributed by atoms with Crippen LogP contribution < -0.4 is 26.7 Å². The fourth-order valence-corrected chi connectivity index (χ4v) is 5.04. The van der Waals surface area contributed by atoms with Gasteiger partial charge in [0, 0.05) is 37.1 Å². The zero-order valence-electron chi connectivity index (χ0n) is 22.9. The lowest BCUT2D eigenvalue weighted by atomic mass is 10.0. The van der Waals surface area contributed by atoms with Crippen molar-refractivity contribution >= 4 is 57.8 Å². The summed E-state index contributed by atoms with van der Waals surface area (Å²) >= 11 is 10.5. The van der Waals surface area contributed by atoms with Gasteiger partial charge in [-0.15, -0.1) is 11.6 Å². The molecule has 40 heavy (non-hydrogen) atoms. The van der Waals surface area contributed by atoms with Crippen LogP contribution in [0.5, 0.6) is 0 Å². The number of nitrogens with zero attached hydrogens (tertiary/aromatic N) is 5. The van der Waals surface area contributed by atoms with Crippen LogP contribution in [0.1, 0.15) is 53.4 Å². The molecule has 1 saturated heterocycles. The fraction of sp³-hybridized carbons (Fsp3) is 0.462. The summed E-state index contributed by atoms with van der Waals surface area (Å²) in [5.74, 6) is 0.163. The van der Waals surface area contributed by atoms with Gasteiger partial charge in [-0.05, 0) is 38.8 Å². The van der Waals surface area contributed by atoms with E-state index in [1.54, 1.807) is 0 Å². The number of imidazole rings is 1. The number of nitrogens with two attached hydrogens (primary N) is 2. The van der Waals surface area contributed by atoms with Gasteiger partial charge in [-0.25, -0.2) is 19.1 Å². The zero-order valence-corrected chi connectivity index (χ0v) is 24.4. The summed E-state index contributed by atoms with van der Waals surface area (Å²) in [5.41, 5.74) is 13.6. The van der Waals surface area contributed by atoms with Crippen LogP contribution >= 0.6 is 23.2 Å². The average molecular weight is 594 g/mol. The number of rotatable bonds is 8. The van der Waals surface area contributed by atoms with Crippen LogP contribution in [0.25, 0.3) is 11.0 Å². The lowest BCUT2D eigenvalue weighted by Crippen LogP contribution is -2.47. The molecule has 14 heteroatoms. The minimum atomic E-state index is -0.477. The van der Waals surface area contributed by atoms with Crippen molar-refractivity contribution in [1.29, 1.82) is 0 Å². The molecule has 1 aliphatic rings. The van der Waals surface area contributed by atoms with Gasteiger partial charge in [0.2, 0.25) is 5.91 Å². The summed E-state index contributed by atoms with van der Waals surface area (Å²) in [6.07, 6.45) is 4.13. The molecule has 3 heterocycles. The van der Waals surface area contributed by atoms with E-state index in [9.17, 15) is 14.4 Å². The minimum Gasteiger partial charge on any atom is -0.382 e. The molecule has 0 radical (unpaired) electrons. The number of alkyl halides is 1. The molecule has 216 valence electrons. The molecule has 1 aliphatic heterocycles. The molecule has 0 unspecified atom stereocenters. The molecule has 0 saturated carbocycles. The molecule has 0 bridgehead atoms. The maximum Gasteiger partial charge on any atom is 0.277 e. The zero-order chi connectivity index (χ0) is 29.4. The third-order valence-corrected chi connectivity index (χ3v) is 6.97. The number of anilines is 1. The second-order valence-corrected chi connectivity index (χ2v) is 9.44. The second kappa shape index (κ2) is 14.2. The molecule has 3 aromatic rings. The van der Waals surface area contributed by atoms with E-state index >= 15 is 0 Å². The first-order valence-corrected chi connectivity index (χ1v) is 14.2. The Morgan fingerprint density at radius 1 is 1.18 bits per heavy atom. The molecule has 0 aliphatic carbocycles. The van der Waals surface area contributed by atoms with E-state index in [4.69, 9.17) is 23.1 Å². The molecule has 1 fully saturated rings. The van der Waals surface area contributed by atoms with Gasteiger partial charge in [0.25, 0.3) is 17.6 Å². The largest absolute Gasteiger partial charge is 0.382 e. The lowest BCUT2D eigenvalue weighted by molar-refractivity contribution is -0.676. The van der Waals surface area contributed by atoms with E-state index < -0.39 is 5.91 Å². The van der Waals surface area contributed by atoms with Crippen molar-refractivity contribution in [3.63, 3.8) is 0 Å². The molecule has 1 aromatic carbocycles. The van der Waals surface area contributed by atoms with Crippen LogP contribution in [0.15, 0.2) is 24.4 Å². The Kier molecular flexibility index (Phi) is 11.1. The third kappa shape index (κ3) is 6.80. The third-order valence-electron chi connectivity index (χ3n) is 6.79. The molecule has 3 amide bonds. The topological polar surface area (TPSA) is 165 Å². The van der Waals surface area contributed by atoms with Gasteiger partial charge in [-0.2, -0.15) is 0 Å². The normalized spacial score (nSPS) is 13.5. The molecule has 12 nitrogen and oxygen atoms in total. The number of piperidine rings is 1. The summed E-state index contributed by atoms with van der Waals surface area (Å²) in [4.78, 5) is 47.4. The summed E-state index contributed by atoms with van der Waals surface area (Å²) < 4.78 is 4.18. The van der Waals surface area contributed by atoms with Gasteiger partial charge in [0.15, 0.2) is 22.5 Å². The van der Waals surface area contributed by atoms with Crippen molar-refractivity contribution < 1.29 is 19.0 Å². The van der Waals surface area contributed by atoms with Crippen LogP contribution in [-0.4, -0.2) is 69.2 Å². The summed E-state index contributed by atoms with van der Waals surface area (Å²) in [6, 6.07) is 5.72. The van der Waals surface area contributed by atoms with Crippen molar-refractivity contribution in [2.75, 3.05) is 31.8 Å². The smallest absolute Gasteiger partial charge is 0.277 e. The van der Waals surface area contributed by atoms with Crippen LogP contribution in [0, 0.1) is 0 Å². The Labute approximate surface area is 243 Å². The minimum absolute atomic E-state index is 0.000233. The monoisotopic (exact) mass is 592 g/mol. The summed E-state index contributed by atoms with van der Waals surface area (Å²) in [7, 11) is 0. The number of hydrogen-bond donors (Lipinski definition) is 4. The quantitative estimate of drug-likeness (QED) is 0.227. The molecule has 2 aromatic heterocycles. The predicted octanol–water partition coefficient (Wildman–Crippen LogP) is 1.46. The van der Waals surface area contributed by atoms with E-state index in [1.165, 1.54) is 12.6 Å². The molecule has 0 atom stereocenters. The van der Waals surface area contributed by atoms with E-state index in [-0.39, 0.29) is 47.6 Å². The van der Waals surface area contributed by atoms with Crippen LogP contribution in [0.4, 0.5) is 5.82 Å². The highest BCUT2D eigenvalue weighted by Crippen LogP contribution is 2.21. The highest BCUT2D eigenvalue weighted by atomic mass is 35.5. The van der Waals surface area contributed by atoms with Crippen molar-refractivity contribution in [2.45, 2.75) is 52.4 Å². The van der Waals surface area contributed by atoms with Gasteiger partial charge in [0.05, 0.1) is 25.8 Å². The fourth-order valence-electron chi connectivity index (χ4n) is 4.90. The van der Waals surface area contributed by atoms with Crippen LogP contribution in [0.3, 0.4) is 0 Å². The number of hydrogen-bond acceptors (Lipinski definition) is 7. The molecular formula is C26H36Cl2N9O3+. The van der Waals surface area contributed by atoms with Crippen molar-refractivity contribution in [1.82, 2.24) is 30.1 Å². The van der Waals surface area contributed by atoms with E-state index in [0.717, 1.165) is 16.9 Å². The SMILES string of the molecule is CCl.CCn1c(CNC(=O)c2nc(Cl)cnc2N)[n+](CC)c2ccc(C(=O)N3CCC(NC(=O)CN)CC3)cc21. The van der Waals surface area contributed by atoms with E-state index in [1.807, 2.05) is 36.9 Å². The molecule has 4 rings (SSSR count). The number of benzene rings is 1.